The molecule has 20 heavy (non-hydrogen) atoms. The Balaban J connectivity index is 0.00000200. The number of hydrogen-bond donors (Lipinski definition) is 1. The molecule has 1 aromatic rings. The van der Waals surface area contributed by atoms with E-state index in [0.717, 1.165) is 25.2 Å². The Labute approximate surface area is 127 Å². The molecule has 1 aliphatic heterocycles. The highest BCUT2D eigenvalue weighted by Crippen LogP contribution is 2.16. The summed E-state index contributed by atoms with van der Waals surface area (Å²) in [6.07, 6.45) is 0.976. The van der Waals surface area contributed by atoms with Crippen LogP contribution in [0, 0.1) is 5.92 Å². The first-order valence-corrected chi connectivity index (χ1v) is 6.87. The highest BCUT2D eigenvalue weighted by atomic mass is 35.5. The van der Waals surface area contributed by atoms with E-state index in [-0.39, 0.29) is 24.4 Å². The van der Waals surface area contributed by atoms with E-state index < -0.39 is 0 Å². The van der Waals surface area contributed by atoms with Gasteiger partial charge in [-0.1, -0.05) is 25.1 Å². The summed E-state index contributed by atoms with van der Waals surface area (Å²) < 4.78 is 0. The lowest BCUT2D eigenvalue weighted by molar-refractivity contribution is -0.119. The van der Waals surface area contributed by atoms with E-state index in [0.29, 0.717) is 12.5 Å². The molecule has 1 heterocycles. The third kappa shape index (κ3) is 4.20. The summed E-state index contributed by atoms with van der Waals surface area (Å²) in [6.45, 7) is 4.46. The average molecular weight is 298 g/mol. The first-order chi connectivity index (χ1) is 9.08. The Morgan fingerprint density at radius 2 is 2.05 bits per heavy atom. The van der Waals surface area contributed by atoms with Crippen LogP contribution in [0.15, 0.2) is 30.3 Å². The van der Waals surface area contributed by atoms with Crippen LogP contribution in [0.4, 0.5) is 5.69 Å². The quantitative estimate of drug-likeness (QED) is 0.924. The Morgan fingerprint density at radius 1 is 1.40 bits per heavy atom. The number of likely N-dealkylation sites (tertiary alicyclic amines) is 1. The molecule has 1 aromatic carbocycles. The third-order valence-electron chi connectivity index (χ3n) is 3.93. The van der Waals surface area contributed by atoms with Crippen LogP contribution in [0.3, 0.4) is 0 Å². The first kappa shape index (κ1) is 17.0. The summed E-state index contributed by atoms with van der Waals surface area (Å²) >= 11 is 0. The van der Waals surface area contributed by atoms with Crippen molar-refractivity contribution in [3.05, 3.63) is 30.3 Å². The van der Waals surface area contributed by atoms with Gasteiger partial charge in [0, 0.05) is 31.9 Å². The van der Waals surface area contributed by atoms with Gasteiger partial charge in [0.2, 0.25) is 5.91 Å². The minimum atomic E-state index is 0. The maximum atomic E-state index is 12.3. The summed E-state index contributed by atoms with van der Waals surface area (Å²) in [5.74, 6) is 0.595. The summed E-state index contributed by atoms with van der Waals surface area (Å²) in [5.41, 5.74) is 6.94. The van der Waals surface area contributed by atoms with E-state index in [1.54, 1.807) is 4.90 Å². The molecule has 1 aliphatic rings. The van der Waals surface area contributed by atoms with Gasteiger partial charge in [0.25, 0.3) is 0 Å². The second-order valence-electron chi connectivity index (χ2n) is 5.45. The molecule has 1 fully saturated rings. The van der Waals surface area contributed by atoms with E-state index in [2.05, 4.69) is 11.8 Å². The molecular formula is C15H24ClN3O. The molecule has 1 saturated heterocycles. The lowest BCUT2D eigenvalue weighted by atomic mass is 9.95. The SMILES string of the molecule is CC1CN(CC(=O)N(C)c2ccccc2)CCC1N.Cl. The molecule has 0 spiro atoms. The van der Waals surface area contributed by atoms with Gasteiger partial charge in [-0.3, -0.25) is 9.69 Å². The molecule has 1 amide bonds. The number of carbonyl (C=O) groups excluding carboxylic acids is 1. The zero-order valence-corrected chi connectivity index (χ0v) is 13.0. The number of rotatable bonds is 3. The normalized spacial score (nSPS) is 22.9. The van der Waals surface area contributed by atoms with Gasteiger partial charge in [-0.25, -0.2) is 0 Å². The largest absolute Gasteiger partial charge is 0.327 e. The van der Waals surface area contributed by atoms with Crippen LogP contribution in [-0.4, -0.2) is 43.5 Å². The number of amides is 1. The number of anilines is 1. The van der Waals surface area contributed by atoms with Gasteiger partial charge in [-0.15, -0.1) is 12.4 Å². The molecule has 0 saturated carbocycles. The topological polar surface area (TPSA) is 49.6 Å². The summed E-state index contributed by atoms with van der Waals surface area (Å²) in [4.78, 5) is 16.2. The van der Waals surface area contributed by atoms with Crippen molar-refractivity contribution in [2.24, 2.45) is 11.7 Å². The second-order valence-corrected chi connectivity index (χ2v) is 5.45. The van der Waals surface area contributed by atoms with Gasteiger partial charge in [0.1, 0.15) is 0 Å². The molecule has 0 radical (unpaired) electrons. The maximum absolute atomic E-state index is 12.3. The van der Waals surface area contributed by atoms with Crippen LogP contribution in [0.1, 0.15) is 13.3 Å². The number of hydrogen-bond acceptors (Lipinski definition) is 3. The summed E-state index contributed by atoms with van der Waals surface area (Å²) in [5, 5.41) is 0. The van der Waals surface area contributed by atoms with E-state index in [9.17, 15) is 4.79 Å². The molecule has 0 bridgehead atoms. The van der Waals surface area contributed by atoms with Crippen molar-refractivity contribution in [3.8, 4) is 0 Å². The van der Waals surface area contributed by atoms with Crippen molar-refractivity contribution >= 4 is 24.0 Å². The van der Waals surface area contributed by atoms with E-state index >= 15 is 0 Å². The number of benzene rings is 1. The van der Waals surface area contributed by atoms with Crippen LogP contribution in [0.5, 0.6) is 0 Å². The van der Waals surface area contributed by atoms with Gasteiger partial charge >= 0.3 is 0 Å². The van der Waals surface area contributed by atoms with Crippen LogP contribution in [0.25, 0.3) is 0 Å². The molecule has 0 aliphatic carbocycles. The molecule has 5 heteroatoms. The lowest BCUT2D eigenvalue weighted by Gasteiger charge is -2.35. The number of para-hydroxylation sites is 1. The van der Waals surface area contributed by atoms with Crippen LogP contribution < -0.4 is 10.6 Å². The maximum Gasteiger partial charge on any atom is 0.240 e. The predicted molar refractivity (Wildman–Crippen MR) is 85.3 cm³/mol. The van der Waals surface area contributed by atoms with Gasteiger partial charge < -0.3 is 10.6 Å². The Hall–Kier alpha value is -1.10. The summed E-state index contributed by atoms with van der Waals surface area (Å²) in [6, 6.07) is 10.0. The van der Waals surface area contributed by atoms with Crippen LogP contribution in [-0.2, 0) is 4.79 Å². The van der Waals surface area contributed by atoms with Crippen molar-refractivity contribution in [1.29, 1.82) is 0 Å². The van der Waals surface area contributed by atoms with Crippen molar-refractivity contribution in [1.82, 2.24) is 4.90 Å². The number of piperidine rings is 1. The molecule has 2 atom stereocenters. The van der Waals surface area contributed by atoms with E-state index in [4.69, 9.17) is 5.73 Å². The highest BCUT2D eigenvalue weighted by molar-refractivity contribution is 5.94. The number of likely N-dealkylation sites (N-methyl/N-ethyl adjacent to an activating group) is 1. The summed E-state index contributed by atoms with van der Waals surface area (Å²) in [7, 11) is 1.83. The number of halogens is 1. The van der Waals surface area contributed by atoms with Crippen molar-refractivity contribution in [2.75, 3.05) is 31.6 Å². The number of nitrogens with two attached hydrogens (primary N) is 1. The monoisotopic (exact) mass is 297 g/mol. The number of nitrogens with zero attached hydrogens (tertiary/aromatic N) is 2. The Bertz CT molecular complexity index is 426. The van der Waals surface area contributed by atoms with Crippen LogP contribution in [0.2, 0.25) is 0 Å². The first-order valence-electron chi connectivity index (χ1n) is 6.87. The molecule has 2 N–H and O–H groups in total. The highest BCUT2D eigenvalue weighted by Gasteiger charge is 2.25. The standard InChI is InChI=1S/C15H23N3O.ClH/c1-12-10-18(9-8-14(12)16)11-15(19)17(2)13-6-4-3-5-7-13;/h3-7,12,14H,8-11,16H2,1-2H3;1H. The molecule has 4 nitrogen and oxygen atoms in total. The molecular weight excluding hydrogens is 274 g/mol. The molecule has 0 aromatic heterocycles. The molecule has 2 unspecified atom stereocenters. The lowest BCUT2D eigenvalue weighted by Crippen LogP contribution is -2.49. The van der Waals surface area contributed by atoms with E-state index in [1.165, 1.54) is 0 Å². The Kier molecular flexibility index (Phi) is 6.46. The van der Waals surface area contributed by atoms with Crippen molar-refractivity contribution in [3.63, 3.8) is 0 Å². The fourth-order valence-electron chi connectivity index (χ4n) is 2.49. The smallest absolute Gasteiger partial charge is 0.240 e. The minimum Gasteiger partial charge on any atom is -0.327 e. The molecule has 112 valence electrons. The Morgan fingerprint density at radius 3 is 2.65 bits per heavy atom. The average Bonchev–Trinajstić information content (AvgIpc) is 2.43. The van der Waals surface area contributed by atoms with Crippen LogP contribution >= 0.6 is 12.4 Å². The number of carbonyl (C=O) groups is 1. The van der Waals surface area contributed by atoms with E-state index in [1.807, 2.05) is 37.4 Å². The fourth-order valence-corrected chi connectivity index (χ4v) is 2.49. The van der Waals surface area contributed by atoms with Crippen molar-refractivity contribution < 1.29 is 4.79 Å². The van der Waals surface area contributed by atoms with Gasteiger partial charge in [-0.2, -0.15) is 0 Å². The fraction of sp³-hybridized carbons (Fsp3) is 0.533. The third-order valence-corrected chi connectivity index (χ3v) is 3.93. The van der Waals surface area contributed by atoms with Gasteiger partial charge in [-0.05, 0) is 24.5 Å². The second kappa shape index (κ2) is 7.62. The zero-order chi connectivity index (χ0) is 13.8. The van der Waals surface area contributed by atoms with Gasteiger partial charge in [0.15, 0.2) is 0 Å². The minimum absolute atomic E-state index is 0. The molecule has 2 rings (SSSR count). The van der Waals surface area contributed by atoms with Crippen molar-refractivity contribution in [2.45, 2.75) is 19.4 Å². The predicted octanol–water partition coefficient (Wildman–Crippen LogP) is 1.74. The zero-order valence-electron chi connectivity index (χ0n) is 12.2. The van der Waals surface area contributed by atoms with Gasteiger partial charge in [0.05, 0.1) is 6.54 Å².